The van der Waals surface area contributed by atoms with Crippen LogP contribution in [0.15, 0.2) is 6.07 Å². The van der Waals surface area contributed by atoms with Gasteiger partial charge in [0.1, 0.15) is 5.75 Å². The van der Waals surface area contributed by atoms with E-state index in [-0.39, 0.29) is 5.78 Å². The first-order valence-electron chi connectivity index (χ1n) is 10.1. The van der Waals surface area contributed by atoms with Gasteiger partial charge in [-0.15, -0.1) is 0 Å². The predicted octanol–water partition coefficient (Wildman–Crippen LogP) is 2.74. The van der Waals surface area contributed by atoms with E-state index in [2.05, 4.69) is 4.90 Å². The number of fused-ring (bicyclic) bond motifs is 1. The fourth-order valence-corrected chi connectivity index (χ4v) is 4.86. The van der Waals surface area contributed by atoms with Crippen LogP contribution in [0, 0.1) is 20.8 Å². The molecule has 2 heterocycles. The maximum atomic E-state index is 14.0. The number of morpholine rings is 1. The number of carbonyl (C=O) groups is 2. The standard InChI is InChI=1S/C22H29NO5/c1-14-12-15(2)18-19(16(14)3)28-21(6-5-7-21)22(20(18)25,27-17(4)24)13-23-8-10-26-11-9-23/h12H,5-11,13H2,1-4H3. The first-order valence-corrected chi connectivity index (χ1v) is 10.1. The highest BCUT2D eigenvalue weighted by molar-refractivity contribution is 6.09. The van der Waals surface area contributed by atoms with Gasteiger partial charge in [-0.3, -0.25) is 14.5 Å². The van der Waals surface area contributed by atoms with Gasteiger partial charge >= 0.3 is 5.97 Å². The van der Waals surface area contributed by atoms with Gasteiger partial charge in [0.05, 0.1) is 25.3 Å². The van der Waals surface area contributed by atoms with E-state index >= 15 is 0 Å². The van der Waals surface area contributed by atoms with Gasteiger partial charge in [-0.2, -0.15) is 0 Å². The molecular formula is C22H29NO5. The van der Waals surface area contributed by atoms with E-state index in [4.69, 9.17) is 14.2 Å². The summed E-state index contributed by atoms with van der Waals surface area (Å²) in [6, 6.07) is 2.02. The van der Waals surface area contributed by atoms with Crippen molar-refractivity contribution in [1.82, 2.24) is 4.90 Å². The highest BCUT2D eigenvalue weighted by Crippen LogP contribution is 2.54. The summed E-state index contributed by atoms with van der Waals surface area (Å²) in [6.45, 7) is 10.3. The molecule has 0 radical (unpaired) electrons. The van der Waals surface area contributed by atoms with E-state index in [0.717, 1.165) is 23.1 Å². The van der Waals surface area contributed by atoms with Crippen molar-refractivity contribution in [2.45, 2.75) is 58.2 Å². The molecular weight excluding hydrogens is 358 g/mol. The Morgan fingerprint density at radius 3 is 2.43 bits per heavy atom. The first-order chi connectivity index (χ1) is 13.3. The number of hydrogen-bond acceptors (Lipinski definition) is 6. The summed E-state index contributed by atoms with van der Waals surface area (Å²) >= 11 is 0. The zero-order valence-electron chi connectivity index (χ0n) is 17.2. The maximum Gasteiger partial charge on any atom is 0.303 e. The Morgan fingerprint density at radius 1 is 1.18 bits per heavy atom. The molecule has 2 aliphatic heterocycles. The average Bonchev–Trinajstić information content (AvgIpc) is 2.60. The normalized spacial score (nSPS) is 26.4. The lowest BCUT2D eigenvalue weighted by Crippen LogP contribution is -2.73. The number of ketones is 1. The van der Waals surface area contributed by atoms with E-state index in [0.29, 0.717) is 57.0 Å². The molecule has 6 heteroatoms. The van der Waals surface area contributed by atoms with Crippen molar-refractivity contribution in [3.8, 4) is 5.75 Å². The molecule has 0 amide bonds. The smallest absolute Gasteiger partial charge is 0.303 e. The predicted molar refractivity (Wildman–Crippen MR) is 104 cm³/mol. The number of rotatable bonds is 3. The molecule has 2 fully saturated rings. The second kappa shape index (κ2) is 6.85. The minimum atomic E-state index is -1.31. The van der Waals surface area contributed by atoms with Gasteiger partial charge < -0.3 is 14.2 Å². The highest BCUT2D eigenvalue weighted by atomic mass is 16.6. The SMILES string of the molecule is CC(=O)OC1(CN2CCOCC2)C(=O)c2c(C)cc(C)c(C)c2OC12CCC2. The molecule has 0 aromatic heterocycles. The van der Waals surface area contributed by atoms with Crippen molar-refractivity contribution in [3.63, 3.8) is 0 Å². The Hall–Kier alpha value is -1.92. The molecule has 1 atom stereocenters. The third kappa shape index (κ3) is 2.77. The molecule has 28 heavy (non-hydrogen) atoms. The number of esters is 1. The molecule has 1 unspecified atom stereocenters. The Balaban J connectivity index is 1.87. The van der Waals surface area contributed by atoms with Crippen LogP contribution < -0.4 is 4.74 Å². The summed E-state index contributed by atoms with van der Waals surface area (Å²) in [4.78, 5) is 28.4. The van der Waals surface area contributed by atoms with Crippen LogP contribution in [0.5, 0.6) is 5.75 Å². The Bertz CT molecular complexity index is 823. The summed E-state index contributed by atoms with van der Waals surface area (Å²) in [6.07, 6.45) is 2.38. The van der Waals surface area contributed by atoms with E-state index in [1.807, 2.05) is 26.8 Å². The molecule has 152 valence electrons. The minimum absolute atomic E-state index is 0.115. The van der Waals surface area contributed by atoms with Crippen LogP contribution in [0.1, 0.15) is 53.2 Å². The van der Waals surface area contributed by atoms with Crippen LogP contribution in [0.4, 0.5) is 0 Å². The molecule has 1 aromatic rings. The zero-order chi connectivity index (χ0) is 20.1. The molecule has 3 aliphatic rings. The molecule has 6 nitrogen and oxygen atoms in total. The lowest BCUT2D eigenvalue weighted by Gasteiger charge is -2.57. The van der Waals surface area contributed by atoms with Gasteiger partial charge in [-0.25, -0.2) is 0 Å². The lowest BCUT2D eigenvalue weighted by molar-refractivity contribution is -0.200. The van der Waals surface area contributed by atoms with Crippen molar-refractivity contribution in [3.05, 3.63) is 28.3 Å². The number of benzene rings is 1. The fourth-order valence-electron chi connectivity index (χ4n) is 4.86. The third-order valence-electron chi connectivity index (χ3n) is 6.64. The number of Topliss-reactive ketones (excluding diaryl/α,β-unsaturated/α-hetero) is 1. The third-order valence-corrected chi connectivity index (χ3v) is 6.64. The van der Waals surface area contributed by atoms with Crippen LogP contribution in [0.25, 0.3) is 0 Å². The molecule has 1 aliphatic carbocycles. The molecule has 1 saturated carbocycles. The number of carbonyl (C=O) groups excluding carboxylic acids is 2. The van der Waals surface area contributed by atoms with Gasteiger partial charge in [0, 0.05) is 20.0 Å². The van der Waals surface area contributed by atoms with Crippen LogP contribution in [-0.2, 0) is 14.3 Å². The van der Waals surface area contributed by atoms with Crippen molar-refractivity contribution in [1.29, 1.82) is 0 Å². The highest BCUT2D eigenvalue weighted by Gasteiger charge is 2.67. The van der Waals surface area contributed by atoms with Crippen LogP contribution in [0.2, 0.25) is 0 Å². The summed E-state index contributed by atoms with van der Waals surface area (Å²) in [5.41, 5.74) is 1.43. The van der Waals surface area contributed by atoms with E-state index in [1.54, 1.807) is 0 Å². The van der Waals surface area contributed by atoms with Gasteiger partial charge in [0.2, 0.25) is 11.4 Å². The molecule has 4 rings (SSSR count). The number of nitrogens with zero attached hydrogens (tertiary/aromatic N) is 1. The van der Waals surface area contributed by atoms with E-state index in [9.17, 15) is 9.59 Å². The van der Waals surface area contributed by atoms with Gasteiger partial charge in [0.15, 0.2) is 5.60 Å². The second-order valence-electron chi connectivity index (χ2n) is 8.43. The zero-order valence-corrected chi connectivity index (χ0v) is 17.2. The van der Waals surface area contributed by atoms with Crippen molar-refractivity contribution < 1.29 is 23.8 Å². The molecule has 1 aromatic carbocycles. The van der Waals surface area contributed by atoms with Gasteiger partial charge in [-0.1, -0.05) is 6.07 Å². The molecule has 1 saturated heterocycles. The number of aryl methyl sites for hydroxylation is 2. The largest absolute Gasteiger partial charge is 0.481 e. The maximum absolute atomic E-state index is 14.0. The van der Waals surface area contributed by atoms with Crippen LogP contribution in [-0.4, -0.2) is 60.7 Å². The summed E-state index contributed by atoms with van der Waals surface area (Å²) in [7, 11) is 0. The van der Waals surface area contributed by atoms with Gasteiger partial charge in [0.25, 0.3) is 0 Å². The number of hydrogen-bond donors (Lipinski definition) is 0. The van der Waals surface area contributed by atoms with Gasteiger partial charge in [-0.05, 0) is 56.7 Å². The molecule has 1 spiro atoms. The van der Waals surface area contributed by atoms with Crippen molar-refractivity contribution in [2.24, 2.45) is 0 Å². The first kappa shape index (κ1) is 19.4. The summed E-state index contributed by atoms with van der Waals surface area (Å²) in [5.74, 6) is 0.115. The Labute approximate surface area is 166 Å². The Morgan fingerprint density at radius 2 is 1.86 bits per heavy atom. The van der Waals surface area contributed by atoms with E-state index < -0.39 is 17.2 Å². The van der Waals surface area contributed by atoms with Crippen LogP contribution in [0.3, 0.4) is 0 Å². The fraction of sp³-hybridized carbons (Fsp3) is 0.636. The lowest BCUT2D eigenvalue weighted by atomic mass is 9.62. The monoisotopic (exact) mass is 387 g/mol. The summed E-state index contributed by atoms with van der Waals surface area (Å²) in [5, 5.41) is 0. The minimum Gasteiger partial charge on any atom is -0.481 e. The van der Waals surface area contributed by atoms with E-state index in [1.165, 1.54) is 6.92 Å². The topological polar surface area (TPSA) is 65.1 Å². The molecule has 0 N–H and O–H groups in total. The van der Waals surface area contributed by atoms with Crippen molar-refractivity contribution >= 4 is 11.8 Å². The number of ether oxygens (including phenoxy) is 3. The van der Waals surface area contributed by atoms with Crippen molar-refractivity contribution in [2.75, 3.05) is 32.8 Å². The van der Waals surface area contributed by atoms with Crippen LogP contribution >= 0.6 is 0 Å². The molecule has 0 bridgehead atoms. The quantitative estimate of drug-likeness (QED) is 0.743. The Kier molecular flexibility index (Phi) is 4.74. The second-order valence-corrected chi connectivity index (χ2v) is 8.43. The summed E-state index contributed by atoms with van der Waals surface area (Å²) < 4.78 is 18.0. The average molecular weight is 387 g/mol.